The van der Waals surface area contributed by atoms with Gasteiger partial charge in [0.15, 0.2) is 0 Å². The largest absolute Gasteiger partial charge is 0.478 e. The normalized spacial score (nSPS) is 23.0. The molecule has 1 aromatic rings. The fraction of sp³-hybridized carbons (Fsp3) is 0.692. The second kappa shape index (κ2) is 6.54. The highest BCUT2D eigenvalue weighted by atomic mass is 16.5. The molecule has 5 nitrogen and oxygen atoms in total. The molecule has 5 heteroatoms. The van der Waals surface area contributed by atoms with Crippen molar-refractivity contribution >= 4 is 5.95 Å². The van der Waals surface area contributed by atoms with Crippen LogP contribution in [0.25, 0.3) is 0 Å². The maximum Gasteiger partial charge on any atom is 0.225 e. The smallest absolute Gasteiger partial charge is 0.225 e. The van der Waals surface area contributed by atoms with Crippen LogP contribution in [0.15, 0.2) is 12.3 Å². The quantitative estimate of drug-likeness (QED) is 0.839. The molecular formula is C13H21N3O2. The zero-order chi connectivity index (χ0) is 12.8. The Morgan fingerprint density at radius 1 is 1.56 bits per heavy atom. The van der Waals surface area contributed by atoms with Crippen LogP contribution in [0.5, 0.6) is 5.88 Å². The van der Waals surface area contributed by atoms with Gasteiger partial charge in [0.1, 0.15) is 0 Å². The lowest BCUT2D eigenvalue weighted by atomic mass is 10.0. The highest BCUT2D eigenvalue weighted by Crippen LogP contribution is 2.20. The summed E-state index contributed by atoms with van der Waals surface area (Å²) < 4.78 is 11.0. The molecule has 0 saturated carbocycles. The van der Waals surface area contributed by atoms with Gasteiger partial charge in [-0.2, -0.15) is 4.98 Å². The van der Waals surface area contributed by atoms with E-state index in [2.05, 4.69) is 29.1 Å². The van der Waals surface area contributed by atoms with Gasteiger partial charge < -0.3 is 14.8 Å². The minimum Gasteiger partial charge on any atom is -0.478 e. The van der Waals surface area contributed by atoms with E-state index in [0.29, 0.717) is 30.5 Å². The first-order valence-electron chi connectivity index (χ1n) is 6.61. The Morgan fingerprint density at radius 3 is 3.17 bits per heavy atom. The molecule has 0 bridgehead atoms. The third kappa shape index (κ3) is 3.57. The Bertz CT molecular complexity index is 373. The monoisotopic (exact) mass is 251 g/mol. The van der Waals surface area contributed by atoms with Crippen molar-refractivity contribution in [3.8, 4) is 5.88 Å². The summed E-state index contributed by atoms with van der Waals surface area (Å²) in [5.74, 6) is 1.79. The molecule has 0 radical (unpaired) electrons. The summed E-state index contributed by atoms with van der Waals surface area (Å²) in [4.78, 5) is 8.50. The number of hydrogen-bond acceptors (Lipinski definition) is 5. The summed E-state index contributed by atoms with van der Waals surface area (Å²) in [6.45, 7) is 6.57. The van der Waals surface area contributed by atoms with E-state index in [1.54, 1.807) is 12.3 Å². The van der Waals surface area contributed by atoms with Gasteiger partial charge in [0.25, 0.3) is 0 Å². The van der Waals surface area contributed by atoms with Crippen molar-refractivity contribution in [3.05, 3.63) is 12.3 Å². The van der Waals surface area contributed by atoms with Crippen molar-refractivity contribution in [1.82, 2.24) is 9.97 Å². The Labute approximate surface area is 108 Å². The second-order valence-corrected chi connectivity index (χ2v) is 4.57. The van der Waals surface area contributed by atoms with Gasteiger partial charge in [-0.25, -0.2) is 4.98 Å². The minimum absolute atomic E-state index is 0.317. The molecule has 2 heterocycles. The van der Waals surface area contributed by atoms with Crippen molar-refractivity contribution in [3.63, 3.8) is 0 Å². The van der Waals surface area contributed by atoms with Gasteiger partial charge in [0, 0.05) is 31.3 Å². The predicted molar refractivity (Wildman–Crippen MR) is 69.8 cm³/mol. The maximum atomic E-state index is 5.53. The Kier molecular flexibility index (Phi) is 4.75. The van der Waals surface area contributed by atoms with Crippen molar-refractivity contribution in [2.24, 2.45) is 5.92 Å². The molecule has 0 aliphatic carbocycles. The molecule has 1 aromatic heterocycles. The molecule has 2 atom stereocenters. The molecule has 100 valence electrons. The fourth-order valence-electron chi connectivity index (χ4n) is 1.98. The Hall–Kier alpha value is -1.36. The van der Waals surface area contributed by atoms with Crippen LogP contribution < -0.4 is 10.1 Å². The highest BCUT2D eigenvalue weighted by Gasteiger charge is 2.23. The molecule has 2 unspecified atom stereocenters. The van der Waals surface area contributed by atoms with Gasteiger partial charge in [0.2, 0.25) is 11.8 Å². The topological polar surface area (TPSA) is 56.3 Å². The van der Waals surface area contributed by atoms with Crippen LogP contribution >= 0.6 is 0 Å². The number of nitrogens with one attached hydrogen (secondary N) is 1. The van der Waals surface area contributed by atoms with Crippen molar-refractivity contribution in [2.75, 3.05) is 25.1 Å². The van der Waals surface area contributed by atoms with Gasteiger partial charge in [-0.1, -0.05) is 6.92 Å². The summed E-state index contributed by atoms with van der Waals surface area (Å²) in [7, 11) is 0. The lowest BCUT2D eigenvalue weighted by molar-refractivity contribution is 0.108. The molecule has 1 fully saturated rings. The van der Waals surface area contributed by atoms with Crippen LogP contribution in [0, 0.1) is 5.92 Å². The molecule has 0 aromatic carbocycles. The Balaban J connectivity index is 1.84. The third-order valence-electron chi connectivity index (χ3n) is 3.14. The van der Waals surface area contributed by atoms with E-state index in [4.69, 9.17) is 9.47 Å². The molecule has 1 aliphatic rings. The predicted octanol–water partition coefficient (Wildman–Crippen LogP) is 2.10. The first kappa shape index (κ1) is 13.1. The first-order chi connectivity index (χ1) is 8.79. The molecule has 2 rings (SSSR count). The van der Waals surface area contributed by atoms with Gasteiger partial charge in [0.05, 0.1) is 12.7 Å². The Morgan fingerprint density at radius 2 is 2.44 bits per heavy atom. The average Bonchev–Trinajstić information content (AvgIpc) is 2.80. The van der Waals surface area contributed by atoms with E-state index in [-0.39, 0.29) is 0 Å². The summed E-state index contributed by atoms with van der Waals surface area (Å²) in [5.41, 5.74) is 0. The standard InChI is InChI=1S/C13H21N3O2/c1-3-7-18-12-4-6-14-13(16-12)15-9-11-5-8-17-10(11)2/h4,6,10-11H,3,5,7-9H2,1-2H3,(H,14,15,16). The molecule has 0 spiro atoms. The van der Waals surface area contributed by atoms with E-state index < -0.39 is 0 Å². The lowest BCUT2D eigenvalue weighted by Gasteiger charge is -2.14. The fourth-order valence-corrected chi connectivity index (χ4v) is 1.98. The number of hydrogen-bond donors (Lipinski definition) is 1. The number of anilines is 1. The SMILES string of the molecule is CCCOc1ccnc(NCC2CCOC2C)n1. The maximum absolute atomic E-state index is 5.53. The number of ether oxygens (including phenoxy) is 2. The van der Waals surface area contributed by atoms with Crippen LogP contribution in [0.1, 0.15) is 26.7 Å². The zero-order valence-corrected chi connectivity index (χ0v) is 11.1. The van der Waals surface area contributed by atoms with Crippen molar-refractivity contribution < 1.29 is 9.47 Å². The molecule has 1 saturated heterocycles. The van der Waals surface area contributed by atoms with Gasteiger partial charge in [-0.05, 0) is 19.8 Å². The second-order valence-electron chi connectivity index (χ2n) is 4.57. The summed E-state index contributed by atoms with van der Waals surface area (Å²) in [6.07, 6.45) is 4.11. The van der Waals surface area contributed by atoms with Crippen LogP contribution in [0.4, 0.5) is 5.95 Å². The van der Waals surface area contributed by atoms with Gasteiger partial charge >= 0.3 is 0 Å². The molecule has 1 aliphatic heterocycles. The van der Waals surface area contributed by atoms with Crippen LogP contribution in [-0.4, -0.2) is 35.8 Å². The summed E-state index contributed by atoms with van der Waals surface area (Å²) in [5, 5.41) is 3.25. The third-order valence-corrected chi connectivity index (χ3v) is 3.14. The van der Waals surface area contributed by atoms with Crippen molar-refractivity contribution in [1.29, 1.82) is 0 Å². The van der Waals surface area contributed by atoms with E-state index in [9.17, 15) is 0 Å². The highest BCUT2D eigenvalue weighted by molar-refractivity contribution is 5.27. The number of rotatable bonds is 6. The zero-order valence-electron chi connectivity index (χ0n) is 11.1. The first-order valence-corrected chi connectivity index (χ1v) is 6.61. The van der Waals surface area contributed by atoms with Crippen LogP contribution in [-0.2, 0) is 4.74 Å². The van der Waals surface area contributed by atoms with Crippen LogP contribution in [0.2, 0.25) is 0 Å². The van der Waals surface area contributed by atoms with Crippen molar-refractivity contribution in [2.45, 2.75) is 32.8 Å². The summed E-state index contributed by atoms with van der Waals surface area (Å²) in [6, 6.07) is 1.78. The molecule has 18 heavy (non-hydrogen) atoms. The minimum atomic E-state index is 0.317. The van der Waals surface area contributed by atoms with Gasteiger partial charge in [-0.3, -0.25) is 0 Å². The molecule has 1 N–H and O–H groups in total. The van der Waals surface area contributed by atoms with E-state index in [1.807, 2.05) is 0 Å². The number of aromatic nitrogens is 2. The van der Waals surface area contributed by atoms with E-state index in [0.717, 1.165) is 26.0 Å². The number of nitrogens with zero attached hydrogens (tertiary/aromatic N) is 2. The van der Waals surface area contributed by atoms with E-state index >= 15 is 0 Å². The van der Waals surface area contributed by atoms with Crippen LogP contribution in [0.3, 0.4) is 0 Å². The molecule has 0 amide bonds. The molecular weight excluding hydrogens is 230 g/mol. The van der Waals surface area contributed by atoms with E-state index in [1.165, 1.54) is 0 Å². The van der Waals surface area contributed by atoms with Gasteiger partial charge in [-0.15, -0.1) is 0 Å². The summed E-state index contributed by atoms with van der Waals surface area (Å²) >= 11 is 0. The average molecular weight is 251 g/mol. The lowest BCUT2D eigenvalue weighted by Crippen LogP contribution is -2.21.